The van der Waals surface area contributed by atoms with Gasteiger partial charge in [0.2, 0.25) is 11.8 Å². The van der Waals surface area contributed by atoms with Crippen molar-refractivity contribution in [2.45, 2.75) is 37.8 Å². The summed E-state index contributed by atoms with van der Waals surface area (Å²) in [7, 11) is -4.08. The second-order valence-corrected chi connectivity index (χ2v) is 11.9. The number of hydrogen-bond acceptors (Lipinski definition) is 4. The molecule has 0 radical (unpaired) electrons. The fourth-order valence-electron chi connectivity index (χ4n) is 3.64. The zero-order chi connectivity index (χ0) is 27.0. The molecule has 37 heavy (non-hydrogen) atoms. The molecule has 1 atom stereocenters. The highest BCUT2D eigenvalue weighted by Crippen LogP contribution is 2.26. The summed E-state index contributed by atoms with van der Waals surface area (Å²) >= 11 is 8.49. The van der Waals surface area contributed by atoms with Crippen molar-refractivity contribution in [1.29, 1.82) is 0 Å². The molecule has 196 valence electrons. The first-order valence-electron chi connectivity index (χ1n) is 11.8. The standard InChI is InChI=1S/C27H29ClIN3O4S/c1-3-17-30-27(34)20(2)31(18-21-9-7-8-12-25(21)28)26(33)19-32(23-15-13-22(29)14-16-23)37(35,36)24-10-5-4-6-11-24/h4-16,20H,3,17-19H2,1-2H3,(H,30,34)/t20-/m1/s1. The zero-order valence-corrected chi connectivity index (χ0v) is 24.3. The van der Waals surface area contributed by atoms with E-state index in [1.165, 1.54) is 17.0 Å². The molecule has 0 saturated carbocycles. The summed E-state index contributed by atoms with van der Waals surface area (Å²) in [6.45, 7) is 3.58. The number of hydrogen-bond donors (Lipinski definition) is 1. The highest BCUT2D eigenvalue weighted by molar-refractivity contribution is 14.1. The summed E-state index contributed by atoms with van der Waals surface area (Å²) in [5, 5.41) is 3.27. The average Bonchev–Trinajstić information content (AvgIpc) is 2.90. The quantitative estimate of drug-likeness (QED) is 0.293. The maximum absolute atomic E-state index is 13.8. The molecular weight excluding hydrogens is 625 g/mol. The highest BCUT2D eigenvalue weighted by Gasteiger charge is 2.32. The van der Waals surface area contributed by atoms with Crippen LogP contribution >= 0.6 is 34.2 Å². The normalized spacial score (nSPS) is 12.0. The van der Waals surface area contributed by atoms with Gasteiger partial charge < -0.3 is 10.2 Å². The monoisotopic (exact) mass is 653 g/mol. The van der Waals surface area contributed by atoms with Crippen LogP contribution in [-0.2, 0) is 26.2 Å². The smallest absolute Gasteiger partial charge is 0.264 e. The first-order valence-corrected chi connectivity index (χ1v) is 14.7. The number of sulfonamides is 1. The fraction of sp³-hybridized carbons (Fsp3) is 0.259. The molecule has 7 nitrogen and oxygen atoms in total. The van der Waals surface area contributed by atoms with E-state index in [1.54, 1.807) is 73.7 Å². The number of nitrogens with one attached hydrogen (secondary N) is 1. The maximum atomic E-state index is 13.8. The van der Waals surface area contributed by atoms with E-state index in [9.17, 15) is 18.0 Å². The van der Waals surface area contributed by atoms with Gasteiger partial charge in [0.05, 0.1) is 10.6 Å². The summed E-state index contributed by atoms with van der Waals surface area (Å²) in [5.74, 6) is -0.855. The Bertz CT molecular complexity index is 1320. The molecular formula is C27H29ClIN3O4S. The van der Waals surface area contributed by atoms with Crippen molar-refractivity contribution in [2.24, 2.45) is 0 Å². The molecule has 2 amide bonds. The largest absolute Gasteiger partial charge is 0.354 e. The Labute approximate surface area is 237 Å². The maximum Gasteiger partial charge on any atom is 0.264 e. The summed E-state index contributed by atoms with van der Waals surface area (Å²) in [6.07, 6.45) is 0.743. The zero-order valence-electron chi connectivity index (χ0n) is 20.6. The van der Waals surface area contributed by atoms with E-state index in [1.807, 2.05) is 6.92 Å². The van der Waals surface area contributed by atoms with Crippen molar-refractivity contribution in [3.63, 3.8) is 0 Å². The average molecular weight is 654 g/mol. The molecule has 0 aliphatic carbocycles. The number of nitrogens with zero attached hydrogens (tertiary/aromatic N) is 2. The summed E-state index contributed by atoms with van der Waals surface area (Å²) in [6, 6.07) is 21.0. The van der Waals surface area contributed by atoms with Crippen molar-refractivity contribution in [1.82, 2.24) is 10.2 Å². The third-order valence-electron chi connectivity index (χ3n) is 5.74. The van der Waals surface area contributed by atoms with Gasteiger partial charge in [-0.1, -0.05) is 54.9 Å². The van der Waals surface area contributed by atoms with Crippen LogP contribution in [-0.4, -0.2) is 44.3 Å². The number of anilines is 1. The molecule has 0 heterocycles. The van der Waals surface area contributed by atoms with Crippen molar-refractivity contribution in [2.75, 3.05) is 17.4 Å². The van der Waals surface area contributed by atoms with Crippen LogP contribution in [0.1, 0.15) is 25.8 Å². The molecule has 0 aliphatic heterocycles. The van der Waals surface area contributed by atoms with Gasteiger partial charge in [-0.15, -0.1) is 0 Å². The second kappa shape index (κ2) is 13.3. The lowest BCUT2D eigenvalue weighted by Crippen LogP contribution is -2.51. The van der Waals surface area contributed by atoms with Gasteiger partial charge in [-0.05, 0) is 84.0 Å². The Morgan fingerprint density at radius 3 is 2.22 bits per heavy atom. The van der Waals surface area contributed by atoms with Crippen LogP contribution in [0.5, 0.6) is 0 Å². The minimum atomic E-state index is -4.08. The summed E-state index contributed by atoms with van der Waals surface area (Å²) in [4.78, 5) is 28.1. The lowest BCUT2D eigenvalue weighted by molar-refractivity contribution is -0.139. The fourth-order valence-corrected chi connectivity index (χ4v) is 5.63. The van der Waals surface area contributed by atoms with E-state index in [2.05, 4.69) is 27.9 Å². The summed E-state index contributed by atoms with van der Waals surface area (Å²) < 4.78 is 29.4. The number of benzene rings is 3. The third-order valence-corrected chi connectivity index (χ3v) is 8.62. The SMILES string of the molecule is CCCNC(=O)[C@@H](C)N(Cc1ccccc1Cl)C(=O)CN(c1ccc(I)cc1)S(=O)(=O)c1ccccc1. The van der Waals surface area contributed by atoms with E-state index in [0.717, 1.165) is 14.3 Å². The Morgan fingerprint density at radius 2 is 1.59 bits per heavy atom. The van der Waals surface area contributed by atoms with Gasteiger partial charge in [0.25, 0.3) is 10.0 Å². The minimum absolute atomic E-state index is 0.0468. The first-order chi connectivity index (χ1) is 17.6. The number of halogens is 2. The number of amides is 2. The van der Waals surface area contributed by atoms with Crippen LogP contribution < -0.4 is 9.62 Å². The van der Waals surface area contributed by atoms with E-state index >= 15 is 0 Å². The molecule has 0 aromatic heterocycles. The van der Waals surface area contributed by atoms with Crippen molar-refractivity contribution in [3.05, 3.63) is 93.0 Å². The van der Waals surface area contributed by atoms with Crippen LogP contribution in [0.3, 0.4) is 0 Å². The topological polar surface area (TPSA) is 86.8 Å². The van der Waals surface area contributed by atoms with Crippen molar-refractivity contribution >= 4 is 61.7 Å². The van der Waals surface area contributed by atoms with Crippen LogP contribution in [0.4, 0.5) is 5.69 Å². The highest BCUT2D eigenvalue weighted by atomic mass is 127. The third kappa shape index (κ3) is 7.45. The Kier molecular flexibility index (Phi) is 10.4. The van der Waals surface area contributed by atoms with Gasteiger partial charge in [-0.3, -0.25) is 13.9 Å². The number of carbonyl (C=O) groups excluding carboxylic acids is 2. The van der Waals surface area contributed by atoms with E-state index in [-0.39, 0.29) is 17.3 Å². The first kappa shape index (κ1) is 28.9. The molecule has 10 heteroatoms. The van der Waals surface area contributed by atoms with Gasteiger partial charge in [0.1, 0.15) is 12.6 Å². The van der Waals surface area contributed by atoms with Gasteiger partial charge in [0, 0.05) is 21.7 Å². The molecule has 3 aromatic rings. The molecule has 3 aromatic carbocycles. The predicted octanol–water partition coefficient (Wildman–Crippen LogP) is 5.08. The van der Waals surface area contributed by atoms with Crippen LogP contribution in [0.25, 0.3) is 0 Å². The van der Waals surface area contributed by atoms with Gasteiger partial charge in [-0.25, -0.2) is 8.42 Å². The lowest BCUT2D eigenvalue weighted by atomic mass is 10.1. The molecule has 0 spiro atoms. The Balaban J connectivity index is 2.01. The number of rotatable bonds is 11. The van der Waals surface area contributed by atoms with Crippen molar-refractivity contribution < 1.29 is 18.0 Å². The van der Waals surface area contributed by atoms with E-state index in [0.29, 0.717) is 22.8 Å². The van der Waals surface area contributed by atoms with Crippen LogP contribution in [0.2, 0.25) is 5.02 Å². The molecule has 0 aliphatic rings. The van der Waals surface area contributed by atoms with Crippen LogP contribution in [0.15, 0.2) is 83.8 Å². The van der Waals surface area contributed by atoms with Crippen molar-refractivity contribution in [3.8, 4) is 0 Å². The lowest BCUT2D eigenvalue weighted by Gasteiger charge is -2.32. The van der Waals surface area contributed by atoms with E-state index < -0.39 is 28.5 Å². The Hall–Kier alpha value is -2.63. The van der Waals surface area contributed by atoms with Gasteiger partial charge in [0.15, 0.2) is 0 Å². The summed E-state index contributed by atoms with van der Waals surface area (Å²) in [5.41, 5.74) is 0.998. The molecule has 0 saturated heterocycles. The van der Waals surface area contributed by atoms with E-state index in [4.69, 9.17) is 11.6 Å². The van der Waals surface area contributed by atoms with Gasteiger partial charge >= 0.3 is 0 Å². The molecule has 0 fully saturated rings. The second-order valence-electron chi connectivity index (χ2n) is 8.38. The predicted molar refractivity (Wildman–Crippen MR) is 155 cm³/mol. The Morgan fingerprint density at radius 1 is 0.973 bits per heavy atom. The number of carbonyl (C=O) groups is 2. The van der Waals surface area contributed by atoms with Gasteiger partial charge in [-0.2, -0.15) is 0 Å². The minimum Gasteiger partial charge on any atom is -0.354 e. The molecule has 3 rings (SSSR count). The molecule has 0 bridgehead atoms. The molecule has 0 unspecified atom stereocenters. The van der Waals surface area contributed by atoms with Crippen LogP contribution in [0, 0.1) is 3.57 Å². The molecule has 1 N–H and O–H groups in total.